The molecule has 0 radical (unpaired) electrons. The van der Waals surface area contributed by atoms with E-state index >= 15 is 0 Å². The highest BCUT2D eigenvalue weighted by molar-refractivity contribution is 6.15. The molecule has 3 aromatic heterocycles. The van der Waals surface area contributed by atoms with Gasteiger partial charge in [-0.3, -0.25) is 0 Å². The number of aromatic nitrogens is 8. The summed E-state index contributed by atoms with van der Waals surface area (Å²) in [6.45, 7) is 0. The number of rotatable bonds is 24. The maximum atomic E-state index is 13.0. The third kappa shape index (κ3) is 16.2. The van der Waals surface area contributed by atoms with Crippen molar-refractivity contribution in [2.75, 3.05) is 0 Å². The monoisotopic (exact) mass is 2600 g/mol. The summed E-state index contributed by atoms with van der Waals surface area (Å²) in [5.41, 5.74) is -7.88. The molecule has 2 aliphatic heterocycles. The van der Waals surface area contributed by atoms with E-state index in [0.29, 0.717) is 6.07 Å². The van der Waals surface area contributed by atoms with E-state index in [-0.39, 0.29) is 15.9 Å². The van der Waals surface area contributed by atoms with Gasteiger partial charge in [0.2, 0.25) is 0 Å². The van der Waals surface area contributed by atoms with Crippen molar-refractivity contribution >= 4 is 44.1 Å². The minimum absolute atomic E-state index is 0.00603. The summed E-state index contributed by atoms with van der Waals surface area (Å²) in [4.78, 5) is 28.1. The average molecular weight is 2600 g/mol. The summed E-state index contributed by atoms with van der Waals surface area (Å²) >= 11 is -66.1. The fraction of sp³-hybridized carbons (Fsp3) is 0. The van der Waals surface area contributed by atoms with Gasteiger partial charge in [0.05, 0.1) is 27.3 Å². The molecular formula is C32H6I12N8O36. The van der Waals surface area contributed by atoms with Crippen LogP contribution in [0.25, 0.3) is 89.7 Å². The zero-order chi connectivity index (χ0) is 64.1. The van der Waals surface area contributed by atoms with Crippen LogP contribution in [-0.2, 0) is 0 Å². The summed E-state index contributed by atoms with van der Waals surface area (Å²) in [6, 6.07) is 5.52. The summed E-state index contributed by atoms with van der Waals surface area (Å²) < 4.78 is 362. The van der Waals surface area contributed by atoms with E-state index in [9.17, 15) is 82.5 Å². The number of H-pyrrole nitrogens is 1. The maximum absolute atomic E-state index is 13.0. The second-order valence-electron chi connectivity index (χ2n) is 14.5. The minimum atomic E-state index is -5.67. The van der Waals surface area contributed by atoms with Gasteiger partial charge >= 0.3 is 282 Å². The molecule has 0 unspecified atom stereocenters. The molecule has 9 rings (SSSR count). The normalized spacial score (nSPS) is 12.4. The Labute approximate surface area is 585 Å². The number of hydrogen-bond donors (Lipinski definition) is 1. The lowest BCUT2D eigenvalue weighted by atomic mass is 10.0. The first-order chi connectivity index (χ1) is 41.5. The number of benzene rings is 4. The molecule has 474 valence electrons. The Bertz CT molecular complexity index is 3960. The van der Waals surface area contributed by atoms with E-state index in [4.69, 9.17) is 36.9 Å². The van der Waals surface area contributed by atoms with Crippen LogP contribution in [0.1, 0.15) is 0 Å². The first kappa shape index (κ1) is 71.9. The van der Waals surface area contributed by atoms with Gasteiger partial charge in [-0.15, -0.1) is 33.7 Å². The third-order valence-corrected chi connectivity index (χ3v) is 19.8. The molecule has 0 atom stereocenters. The molecule has 0 fully saturated rings. The SMILES string of the molecule is [O-][I+2]([O-])Oc1cc2c(c(O[I+2]([O-])[O-])c1O[I+2]([O-])[O-])c1nc3nc(nc4[nH]c(nc5nc(nc2n1O[I+2]([O-])[O-])-c1ccccc1-5)c1c(O[I+2]([O-])[O-])c(O[I+2]([O-])[O-])c(O[I+2]([O-])[O-])c(O[I+2]([O-])[O-])c41)-c1c(O[I+2]([O-])[O-])c(O[I+2]([O-])[O-])c(O[I+2]([O-])[O-])c(O[I+2]([O-])[O-])c1-3. The van der Waals surface area contributed by atoms with Crippen molar-refractivity contribution in [1.29, 1.82) is 0 Å². The van der Waals surface area contributed by atoms with Crippen molar-refractivity contribution in [2.24, 2.45) is 0 Å². The lowest BCUT2D eigenvalue weighted by Gasteiger charge is -2.10. The van der Waals surface area contributed by atoms with E-state index < -0.39 is 395 Å². The molecule has 0 amide bonds. The van der Waals surface area contributed by atoms with E-state index in [2.05, 4.69) is 34.9 Å². The third-order valence-electron chi connectivity index (χ3n) is 10.2. The van der Waals surface area contributed by atoms with Crippen LogP contribution in [-0.4, -0.2) is 39.6 Å². The van der Waals surface area contributed by atoms with Gasteiger partial charge < -0.3 is 87.4 Å². The van der Waals surface area contributed by atoms with Crippen molar-refractivity contribution in [3.63, 3.8) is 0 Å². The van der Waals surface area contributed by atoms with Crippen molar-refractivity contribution < 1.29 is 372 Å². The zero-order valence-corrected chi connectivity index (χ0v) is 65.1. The van der Waals surface area contributed by atoms with Gasteiger partial charge in [0.15, 0.2) is 34.6 Å². The standard InChI is InChI=1S/C32H6I12N8O36/c53-33(54)77-9-5-8-10(16(79-35(57)58)15(9)78-34(55)56)32-51-30-14-13(19(82-38(63)64)23(86-42(71)72)24(87-43(73)74)20(14)83-39(65)66)29(49-30)48-28-12-11(17(80-36(59)60)21(84-40(67)68)22(85-41(69)70)18(12)81-37(61)62)27(47-28)46-25-6-3-1-2-4-7(6)26(45-25)50-31(8)52(32)88-44(75)76/h1-5H,(H,45,46,47,48,49,50,51). The zero-order valence-electron chi connectivity index (χ0n) is 39.2. The Kier molecular flexibility index (Phi) is 25.2. The van der Waals surface area contributed by atoms with E-state index in [1.165, 1.54) is 24.3 Å². The molecule has 0 spiro atoms. The van der Waals surface area contributed by atoms with Crippen LogP contribution < -0.4 is 372 Å². The predicted molar refractivity (Wildman–Crippen MR) is 163 cm³/mol. The van der Waals surface area contributed by atoms with E-state index in [0.717, 1.165) is 0 Å². The fourth-order valence-electron chi connectivity index (χ4n) is 7.79. The highest BCUT2D eigenvalue weighted by atomic mass is 127. The lowest BCUT2D eigenvalue weighted by Crippen LogP contribution is -4.01. The largest absolute Gasteiger partial charge is 0.603 e. The first-order valence-corrected chi connectivity index (χ1v) is 51.7. The molecule has 0 saturated heterocycles. The number of halogens is 12. The molecule has 56 heteroatoms. The second-order valence-corrected chi connectivity index (χ2v) is 32.7. The predicted octanol–water partition coefficient (Wildman–Crippen LogP) is -60.0. The van der Waals surface area contributed by atoms with Crippen molar-refractivity contribution in [1.82, 2.24) is 39.6 Å². The van der Waals surface area contributed by atoms with Crippen molar-refractivity contribution in [3.8, 4) is 109 Å². The molecule has 88 heavy (non-hydrogen) atoms. The summed E-state index contributed by atoms with van der Waals surface area (Å²) in [5.74, 6) is -21.5. The molecule has 8 bridgehead atoms. The highest BCUT2D eigenvalue weighted by Gasteiger charge is 2.52. The average Bonchev–Trinajstić information content (AvgIpc) is 1.60. The van der Waals surface area contributed by atoms with E-state index in [1.54, 1.807) is 0 Å². The van der Waals surface area contributed by atoms with Gasteiger partial charge in [0.25, 0.3) is 34.5 Å². The quantitative estimate of drug-likeness (QED) is 0.0549. The lowest BCUT2D eigenvalue weighted by molar-refractivity contribution is -1.62. The molecule has 1 N–H and O–H groups in total. The Hall–Kier alpha value is -0.360. The van der Waals surface area contributed by atoms with Crippen LogP contribution in [0.15, 0.2) is 30.3 Å². The molecular weight excluding hydrogens is 2600 g/mol. The molecule has 5 heterocycles. The summed E-state index contributed by atoms with van der Waals surface area (Å²) in [6.07, 6.45) is 0. The number of nitrogens with one attached hydrogen (secondary N) is 1. The van der Waals surface area contributed by atoms with Crippen molar-refractivity contribution in [3.05, 3.63) is 30.3 Å². The summed E-state index contributed by atoms with van der Waals surface area (Å²) in [7, 11) is 0. The molecule has 0 aliphatic carbocycles. The second kappa shape index (κ2) is 30.8. The summed E-state index contributed by atoms with van der Waals surface area (Å²) in [5, 5.41) is -4.30. The van der Waals surface area contributed by atoms with Crippen LogP contribution in [0, 0.1) is 0 Å². The first-order valence-electron chi connectivity index (χ1n) is 20.0. The minimum Gasteiger partial charge on any atom is -0.385 e. The van der Waals surface area contributed by atoms with Gasteiger partial charge in [-0.05, 0) is 3.17 Å². The molecule has 7 aromatic rings. The van der Waals surface area contributed by atoms with Crippen LogP contribution >= 0.6 is 0 Å². The number of fused-ring (bicyclic) bond motifs is 20. The van der Waals surface area contributed by atoms with Crippen LogP contribution in [0.5, 0.6) is 63.2 Å². The number of nitrogens with zero attached hydrogens (tertiary/aromatic N) is 7. The smallest absolute Gasteiger partial charge is 0.385 e. The molecule has 44 nitrogen and oxygen atoms in total. The van der Waals surface area contributed by atoms with Crippen LogP contribution in [0.3, 0.4) is 0 Å². The highest BCUT2D eigenvalue weighted by Crippen LogP contribution is 2.57. The molecule has 0 saturated carbocycles. The topological polar surface area (TPSA) is 762 Å². The van der Waals surface area contributed by atoms with Crippen LogP contribution in [0.2, 0.25) is 0 Å². The molecule has 4 aromatic carbocycles. The number of aromatic amines is 1. The van der Waals surface area contributed by atoms with Gasteiger partial charge in [-0.25, -0.2) is 29.9 Å². The Morgan fingerprint density at radius 1 is 0.307 bits per heavy atom. The van der Waals surface area contributed by atoms with Gasteiger partial charge in [-0.2, -0.15) is 0 Å². The Morgan fingerprint density at radius 2 is 0.625 bits per heavy atom. The van der Waals surface area contributed by atoms with Gasteiger partial charge in [0, 0.05) is 22.6 Å². The Balaban J connectivity index is 1.71. The number of hydrogen-bond acceptors (Lipinski definition) is 42. The Morgan fingerprint density at radius 3 is 1.03 bits per heavy atom. The van der Waals surface area contributed by atoms with Gasteiger partial charge in [0.1, 0.15) is 11.3 Å². The van der Waals surface area contributed by atoms with Crippen LogP contribution in [0.4, 0.5) is 0 Å². The maximum Gasteiger partial charge on any atom is 0.603 e. The van der Waals surface area contributed by atoms with Gasteiger partial charge in [-0.1, -0.05) is 29.0 Å². The van der Waals surface area contributed by atoms with E-state index in [1.807, 2.05) is 0 Å². The fourth-order valence-corrected chi connectivity index (χ4v) is 16.9. The van der Waals surface area contributed by atoms with Crippen molar-refractivity contribution in [2.45, 2.75) is 0 Å². The molecule has 2 aliphatic rings.